The van der Waals surface area contributed by atoms with Crippen molar-refractivity contribution in [3.63, 3.8) is 0 Å². The maximum Gasteiger partial charge on any atom is 0.178 e. The summed E-state index contributed by atoms with van der Waals surface area (Å²) in [5, 5.41) is 4.30. The summed E-state index contributed by atoms with van der Waals surface area (Å²) in [6, 6.07) is 0. The summed E-state index contributed by atoms with van der Waals surface area (Å²) in [7, 11) is -2.49. The van der Waals surface area contributed by atoms with Gasteiger partial charge in [0.2, 0.25) is 0 Å². The van der Waals surface area contributed by atoms with Crippen LogP contribution in [0.5, 0.6) is 0 Å². The van der Waals surface area contributed by atoms with Gasteiger partial charge in [-0.15, -0.1) is 0 Å². The molecule has 0 aromatic carbocycles. The topological polar surface area (TPSA) is 52.0 Å². The van der Waals surface area contributed by atoms with Crippen molar-refractivity contribution in [1.29, 1.82) is 0 Å². The molecule has 0 amide bonds. The number of Topliss-reactive ketones (excluding diaryl/α,β-unsaturated/α-hetero) is 1. The van der Waals surface area contributed by atoms with Crippen molar-refractivity contribution in [3.8, 4) is 0 Å². The predicted molar refractivity (Wildman–Crippen MR) is 103 cm³/mol. The van der Waals surface area contributed by atoms with Crippen molar-refractivity contribution in [2.45, 2.75) is 41.5 Å². The minimum absolute atomic E-state index is 0.116. The third-order valence-corrected chi connectivity index (χ3v) is 4.77. The van der Waals surface area contributed by atoms with Gasteiger partial charge in [-0.25, -0.2) is 4.68 Å². The zero-order valence-electron chi connectivity index (χ0n) is 15.2. The Morgan fingerprint density at radius 2 is 1.74 bits per heavy atom. The molecule has 0 fully saturated rings. The van der Waals surface area contributed by atoms with E-state index in [1.807, 2.05) is 47.6 Å². The van der Waals surface area contributed by atoms with Crippen LogP contribution in [0.25, 0.3) is 5.70 Å². The number of hydrogen-bond acceptors (Lipinski definition) is 3. The van der Waals surface area contributed by atoms with E-state index < -0.39 is 14.9 Å². The molecule has 0 N–H and O–H groups in total. The van der Waals surface area contributed by atoms with Crippen LogP contribution in [0.1, 0.15) is 41.5 Å². The van der Waals surface area contributed by atoms with Gasteiger partial charge in [-0.2, -0.15) is 5.10 Å². The van der Waals surface area contributed by atoms with Gasteiger partial charge in [-0.3, -0.25) is 9.00 Å². The summed E-state index contributed by atoms with van der Waals surface area (Å²) in [5.74, 6) is -0.116. The van der Waals surface area contributed by atoms with Crippen LogP contribution in [-0.2, 0) is 14.3 Å². The normalized spacial score (nSPS) is 14.0. The number of rotatable bonds is 3. The van der Waals surface area contributed by atoms with Crippen LogP contribution in [-0.4, -0.2) is 37.1 Å². The van der Waals surface area contributed by atoms with Crippen molar-refractivity contribution in [1.82, 2.24) is 9.78 Å². The highest BCUT2D eigenvalue weighted by molar-refractivity contribution is 9.10. The van der Waals surface area contributed by atoms with Gasteiger partial charge in [-0.1, -0.05) is 47.6 Å². The molecule has 0 aliphatic heterocycles. The van der Waals surface area contributed by atoms with Crippen LogP contribution in [0.3, 0.4) is 0 Å². The van der Waals surface area contributed by atoms with Crippen molar-refractivity contribution < 1.29 is 9.00 Å². The summed E-state index contributed by atoms with van der Waals surface area (Å²) in [6.45, 7) is 11.6. The third kappa shape index (κ3) is 5.60. The van der Waals surface area contributed by atoms with E-state index in [1.54, 1.807) is 29.6 Å². The maximum atomic E-state index is 13.0. The van der Waals surface area contributed by atoms with Gasteiger partial charge < -0.3 is 0 Å². The molecular formula is C17H27BrN2O2S. The first-order chi connectivity index (χ1) is 10.1. The zero-order chi connectivity index (χ0) is 18.2. The van der Waals surface area contributed by atoms with E-state index in [9.17, 15) is 9.00 Å². The largest absolute Gasteiger partial charge is 0.293 e. The molecule has 23 heavy (non-hydrogen) atoms. The van der Waals surface area contributed by atoms with E-state index in [1.165, 1.54) is 0 Å². The van der Waals surface area contributed by atoms with E-state index >= 15 is 0 Å². The lowest BCUT2D eigenvalue weighted by Gasteiger charge is -2.24. The highest BCUT2D eigenvalue weighted by Gasteiger charge is 2.32. The fourth-order valence-electron chi connectivity index (χ4n) is 2.01. The smallest absolute Gasteiger partial charge is 0.178 e. The molecule has 0 bridgehead atoms. The Kier molecular flexibility index (Phi) is 5.75. The van der Waals surface area contributed by atoms with Gasteiger partial charge >= 0.3 is 0 Å². The Hall–Kier alpha value is -0.880. The van der Waals surface area contributed by atoms with Crippen molar-refractivity contribution >= 4 is 41.8 Å². The van der Waals surface area contributed by atoms with Crippen molar-refractivity contribution in [2.24, 2.45) is 10.8 Å². The van der Waals surface area contributed by atoms with Crippen molar-refractivity contribution in [2.75, 3.05) is 12.5 Å². The third-order valence-electron chi connectivity index (χ3n) is 2.98. The second-order valence-corrected chi connectivity index (χ2v) is 11.9. The Labute approximate surface area is 148 Å². The van der Waals surface area contributed by atoms with Crippen LogP contribution in [0.15, 0.2) is 22.9 Å². The quantitative estimate of drug-likeness (QED) is 0.569. The van der Waals surface area contributed by atoms with Crippen LogP contribution >= 0.6 is 15.9 Å². The van der Waals surface area contributed by atoms with Crippen molar-refractivity contribution in [3.05, 3.63) is 22.9 Å². The molecule has 0 aliphatic carbocycles. The molecule has 0 spiro atoms. The molecular weight excluding hydrogens is 376 g/mol. The molecule has 4 nitrogen and oxygen atoms in total. The maximum absolute atomic E-state index is 13.0. The molecule has 0 saturated carbocycles. The lowest BCUT2D eigenvalue weighted by molar-refractivity contribution is -0.119. The van der Waals surface area contributed by atoms with Gasteiger partial charge in [0.1, 0.15) is 0 Å². The zero-order valence-corrected chi connectivity index (χ0v) is 17.6. The summed E-state index contributed by atoms with van der Waals surface area (Å²) < 4.78 is 15.4. The van der Waals surface area contributed by atoms with E-state index in [4.69, 9.17) is 0 Å². The number of allylic oxidation sites excluding steroid dienone is 2. The van der Waals surface area contributed by atoms with Crippen LogP contribution in [0.2, 0.25) is 0 Å². The standard InChI is InChI=1S/C17H27BrN2O2S/c1-16(2,3)9-13(20-11-12(18)10-19-20)14(23(7,8)22)15(21)17(4,5)6/h9-11H,1-8H3/b13-9+. The number of nitrogens with zero attached hydrogens (tertiary/aromatic N) is 2. The average Bonchev–Trinajstić information content (AvgIpc) is 2.70. The fourth-order valence-corrected chi connectivity index (χ4v) is 3.70. The molecule has 0 saturated heterocycles. The Morgan fingerprint density at radius 3 is 2.04 bits per heavy atom. The first-order valence-corrected chi connectivity index (χ1v) is 10.6. The summed E-state index contributed by atoms with van der Waals surface area (Å²) in [6.07, 6.45) is 8.61. The number of halogens is 1. The minimum atomic E-state index is -2.49. The second kappa shape index (κ2) is 6.55. The van der Waals surface area contributed by atoms with Gasteiger partial charge in [0.15, 0.2) is 5.78 Å². The fraction of sp³-hybridized carbons (Fsp3) is 0.588. The van der Waals surface area contributed by atoms with Gasteiger partial charge in [0, 0.05) is 24.1 Å². The molecule has 0 aliphatic rings. The first kappa shape index (κ1) is 20.2. The van der Waals surface area contributed by atoms with Gasteiger partial charge in [-0.05, 0) is 30.9 Å². The molecule has 1 aromatic rings. The van der Waals surface area contributed by atoms with Gasteiger partial charge in [0.05, 0.1) is 21.2 Å². The lowest BCUT2D eigenvalue weighted by atomic mass is 9.86. The molecule has 1 heterocycles. The van der Waals surface area contributed by atoms with E-state index in [2.05, 4.69) is 21.0 Å². The number of ketones is 1. The van der Waals surface area contributed by atoms with Crippen LogP contribution in [0.4, 0.5) is 0 Å². The first-order valence-electron chi connectivity index (χ1n) is 7.43. The molecule has 1 aromatic heterocycles. The number of carbonyl (C=O) groups is 1. The number of hydrogen-bond donors (Lipinski definition) is 0. The Bertz CT molecular complexity index is 744. The van der Waals surface area contributed by atoms with Crippen LogP contribution < -0.4 is 0 Å². The predicted octanol–water partition coefficient (Wildman–Crippen LogP) is 3.86. The molecule has 6 heteroatoms. The summed E-state index contributed by atoms with van der Waals surface area (Å²) in [5.41, 5.74) is -0.217. The molecule has 0 radical (unpaired) electrons. The molecule has 0 atom stereocenters. The Balaban J connectivity index is 3.79. The van der Waals surface area contributed by atoms with E-state index in [0.717, 1.165) is 4.47 Å². The highest BCUT2D eigenvalue weighted by atomic mass is 79.9. The molecule has 0 unspecified atom stereocenters. The minimum Gasteiger partial charge on any atom is -0.293 e. The molecule has 130 valence electrons. The average molecular weight is 403 g/mol. The molecule has 1 rings (SSSR count). The van der Waals surface area contributed by atoms with E-state index in [-0.39, 0.29) is 11.2 Å². The van der Waals surface area contributed by atoms with Crippen LogP contribution in [0, 0.1) is 10.8 Å². The highest BCUT2D eigenvalue weighted by Crippen LogP contribution is 2.26. The SMILES string of the molecule is CC(C)(C)/C=C(\C(C(=O)C(C)(C)C)=S(C)(C)=O)n1cc(Br)cn1. The van der Waals surface area contributed by atoms with E-state index in [0.29, 0.717) is 10.6 Å². The lowest BCUT2D eigenvalue weighted by Crippen LogP contribution is -2.35. The summed E-state index contributed by atoms with van der Waals surface area (Å²) in [4.78, 5) is 13.4. The summed E-state index contributed by atoms with van der Waals surface area (Å²) >= 11 is 3.38. The Morgan fingerprint density at radius 1 is 1.22 bits per heavy atom. The number of carbonyl (C=O) groups excluding carboxylic acids is 1. The monoisotopic (exact) mass is 402 g/mol. The second-order valence-electron chi connectivity index (χ2n) is 8.14. The van der Waals surface area contributed by atoms with Gasteiger partial charge in [0.25, 0.3) is 0 Å². The number of aromatic nitrogens is 2.